The number of hydrogen-bond donors (Lipinski definition) is 0. The molecular formula is C12H10F2N2O. The summed E-state index contributed by atoms with van der Waals surface area (Å²) in [7, 11) is 1.70. The average molecular weight is 236 g/mol. The first-order valence-electron chi connectivity index (χ1n) is 5.01. The molecule has 0 aliphatic carbocycles. The Hall–Kier alpha value is -2.04. The molecule has 1 heterocycles. The highest BCUT2D eigenvalue weighted by molar-refractivity contribution is 5.95. The first kappa shape index (κ1) is 11.4. The van der Waals surface area contributed by atoms with Crippen LogP contribution in [0.15, 0.2) is 30.7 Å². The maximum absolute atomic E-state index is 12.9. The summed E-state index contributed by atoms with van der Waals surface area (Å²) in [6.07, 6.45) is 2.98. The lowest BCUT2D eigenvalue weighted by molar-refractivity contribution is 0.0985. The predicted octanol–water partition coefficient (Wildman–Crippen LogP) is 2.12. The molecule has 0 bridgehead atoms. The summed E-state index contributed by atoms with van der Waals surface area (Å²) >= 11 is 0. The Morgan fingerprint density at radius 2 is 2.12 bits per heavy atom. The van der Waals surface area contributed by atoms with Crippen molar-refractivity contribution in [2.45, 2.75) is 6.42 Å². The molecule has 2 aromatic rings. The van der Waals surface area contributed by atoms with Gasteiger partial charge in [-0.05, 0) is 17.7 Å². The van der Waals surface area contributed by atoms with Gasteiger partial charge in [0.05, 0.1) is 12.5 Å². The van der Waals surface area contributed by atoms with Crippen LogP contribution in [-0.4, -0.2) is 15.3 Å². The van der Waals surface area contributed by atoms with Gasteiger partial charge in [-0.3, -0.25) is 4.79 Å². The van der Waals surface area contributed by atoms with Crippen LogP contribution < -0.4 is 0 Å². The van der Waals surface area contributed by atoms with Gasteiger partial charge in [0.25, 0.3) is 0 Å². The predicted molar refractivity (Wildman–Crippen MR) is 57.6 cm³/mol. The van der Waals surface area contributed by atoms with Crippen molar-refractivity contribution < 1.29 is 13.6 Å². The lowest BCUT2D eigenvalue weighted by Crippen LogP contribution is -2.08. The zero-order chi connectivity index (χ0) is 12.4. The van der Waals surface area contributed by atoms with Crippen molar-refractivity contribution in [3.63, 3.8) is 0 Å². The van der Waals surface area contributed by atoms with Crippen LogP contribution in [-0.2, 0) is 13.5 Å². The largest absolute Gasteiger partial charge is 0.331 e. The van der Waals surface area contributed by atoms with Gasteiger partial charge in [-0.2, -0.15) is 0 Å². The van der Waals surface area contributed by atoms with E-state index in [-0.39, 0.29) is 12.2 Å². The van der Waals surface area contributed by atoms with Crippen LogP contribution in [0.5, 0.6) is 0 Å². The number of hydrogen-bond acceptors (Lipinski definition) is 2. The van der Waals surface area contributed by atoms with E-state index >= 15 is 0 Å². The number of aromatic nitrogens is 2. The Labute approximate surface area is 96.7 Å². The van der Waals surface area contributed by atoms with Crippen molar-refractivity contribution in [3.8, 4) is 0 Å². The molecule has 0 saturated carbocycles. The summed E-state index contributed by atoms with van der Waals surface area (Å²) < 4.78 is 27.2. The van der Waals surface area contributed by atoms with E-state index in [9.17, 15) is 13.6 Å². The van der Waals surface area contributed by atoms with Crippen LogP contribution in [0.1, 0.15) is 16.1 Å². The number of nitrogens with zero attached hydrogens (tertiary/aromatic N) is 2. The molecule has 1 aromatic carbocycles. The highest BCUT2D eigenvalue weighted by Crippen LogP contribution is 2.11. The third kappa shape index (κ3) is 2.38. The zero-order valence-corrected chi connectivity index (χ0v) is 9.15. The lowest BCUT2D eigenvalue weighted by Gasteiger charge is -2.02. The number of benzene rings is 1. The van der Waals surface area contributed by atoms with Gasteiger partial charge in [-0.25, -0.2) is 13.8 Å². The van der Waals surface area contributed by atoms with Crippen LogP contribution in [0.2, 0.25) is 0 Å². The first-order chi connectivity index (χ1) is 8.08. The zero-order valence-electron chi connectivity index (χ0n) is 9.15. The Morgan fingerprint density at radius 1 is 1.35 bits per heavy atom. The molecule has 0 N–H and O–H groups in total. The number of Topliss-reactive ketones (excluding diaryl/α,β-unsaturated/α-hetero) is 1. The van der Waals surface area contributed by atoms with Crippen LogP contribution in [0.3, 0.4) is 0 Å². The Bertz CT molecular complexity index is 563. The molecule has 0 radical (unpaired) electrons. The van der Waals surface area contributed by atoms with Crippen molar-refractivity contribution in [2.24, 2.45) is 7.05 Å². The molecule has 17 heavy (non-hydrogen) atoms. The molecule has 2 rings (SSSR count). The fourth-order valence-corrected chi connectivity index (χ4v) is 1.55. The number of imidazole rings is 1. The molecule has 1 aromatic heterocycles. The molecular weight excluding hydrogens is 226 g/mol. The molecule has 5 heteroatoms. The molecule has 0 atom stereocenters. The monoisotopic (exact) mass is 236 g/mol. The van der Waals surface area contributed by atoms with E-state index < -0.39 is 11.6 Å². The summed E-state index contributed by atoms with van der Waals surface area (Å²) in [5, 5.41) is 0. The quantitative estimate of drug-likeness (QED) is 0.765. The van der Waals surface area contributed by atoms with Gasteiger partial charge in [0, 0.05) is 13.5 Å². The van der Waals surface area contributed by atoms with Crippen molar-refractivity contribution in [1.29, 1.82) is 0 Å². The number of carbonyl (C=O) groups is 1. The summed E-state index contributed by atoms with van der Waals surface area (Å²) in [6, 6.07) is 3.44. The number of aryl methyl sites for hydroxylation is 1. The second kappa shape index (κ2) is 4.45. The van der Waals surface area contributed by atoms with Gasteiger partial charge >= 0.3 is 0 Å². The van der Waals surface area contributed by atoms with E-state index in [0.717, 1.165) is 12.1 Å². The van der Waals surface area contributed by atoms with E-state index in [0.29, 0.717) is 11.3 Å². The Morgan fingerprint density at radius 3 is 2.71 bits per heavy atom. The van der Waals surface area contributed by atoms with Crippen molar-refractivity contribution in [2.75, 3.05) is 0 Å². The normalized spacial score (nSPS) is 10.5. The summed E-state index contributed by atoms with van der Waals surface area (Å²) in [4.78, 5) is 15.6. The molecule has 0 spiro atoms. The fraction of sp³-hybridized carbons (Fsp3) is 0.167. The van der Waals surface area contributed by atoms with Gasteiger partial charge in [0.15, 0.2) is 17.4 Å². The number of rotatable bonds is 3. The molecule has 0 saturated heterocycles. The van der Waals surface area contributed by atoms with Crippen LogP contribution >= 0.6 is 0 Å². The van der Waals surface area contributed by atoms with Crippen molar-refractivity contribution in [1.82, 2.24) is 9.55 Å². The van der Waals surface area contributed by atoms with Crippen LogP contribution in [0, 0.1) is 11.6 Å². The van der Waals surface area contributed by atoms with E-state index in [2.05, 4.69) is 4.98 Å². The van der Waals surface area contributed by atoms with Gasteiger partial charge in [-0.1, -0.05) is 6.07 Å². The molecule has 0 fully saturated rings. The molecule has 88 valence electrons. The highest BCUT2D eigenvalue weighted by atomic mass is 19.2. The molecule has 3 nitrogen and oxygen atoms in total. The van der Waals surface area contributed by atoms with Crippen molar-refractivity contribution in [3.05, 3.63) is 53.6 Å². The summed E-state index contributed by atoms with van der Waals surface area (Å²) in [6.45, 7) is 0. The minimum absolute atomic E-state index is 0.0245. The lowest BCUT2D eigenvalue weighted by atomic mass is 10.1. The molecule has 0 aliphatic heterocycles. The minimum atomic E-state index is -0.944. The second-order valence-corrected chi connectivity index (χ2v) is 3.74. The average Bonchev–Trinajstić information content (AvgIpc) is 2.70. The third-order valence-electron chi connectivity index (χ3n) is 2.45. The number of ketones is 1. The standard InChI is InChI=1S/C12H10F2N2O/c1-16-7-15-6-11(16)12(17)5-8-2-3-9(13)10(14)4-8/h2-4,6-7H,5H2,1H3. The summed E-state index contributed by atoms with van der Waals surface area (Å²) in [5.41, 5.74) is 0.879. The van der Waals surface area contributed by atoms with E-state index in [1.807, 2.05) is 0 Å². The Kier molecular flexibility index (Phi) is 2.99. The topological polar surface area (TPSA) is 34.9 Å². The van der Waals surface area contributed by atoms with Crippen LogP contribution in [0.25, 0.3) is 0 Å². The molecule has 0 unspecified atom stereocenters. The maximum atomic E-state index is 12.9. The molecule has 0 amide bonds. The highest BCUT2D eigenvalue weighted by Gasteiger charge is 2.12. The van der Waals surface area contributed by atoms with Gasteiger partial charge in [0.2, 0.25) is 0 Å². The first-order valence-corrected chi connectivity index (χ1v) is 5.01. The van der Waals surface area contributed by atoms with E-state index in [1.54, 1.807) is 11.6 Å². The van der Waals surface area contributed by atoms with Gasteiger partial charge in [0.1, 0.15) is 5.69 Å². The third-order valence-corrected chi connectivity index (χ3v) is 2.45. The fourth-order valence-electron chi connectivity index (χ4n) is 1.55. The SMILES string of the molecule is Cn1cncc1C(=O)Cc1ccc(F)c(F)c1. The van der Waals surface area contributed by atoms with Gasteiger partial charge < -0.3 is 4.57 Å². The Balaban J connectivity index is 2.19. The number of halogens is 2. The van der Waals surface area contributed by atoms with Gasteiger partial charge in [-0.15, -0.1) is 0 Å². The maximum Gasteiger partial charge on any atom is 0.185 e. The van der Waals surface area contributed by atoms with E-state index in [1.165, 1.54) is 18.6 Å². The van der Waals surface area contributed by atoms with E-state index in [4.69, 9.17) is 0 Å². The second-order valence-electron chi connectivity index (χ2n) is 3.74. The minimum Gasteiger partial charge on any atom is -0.331 e. The van der Waals surface area contributed by atoms with Crippen molar-refractivity contribution >= 4 is 5.78 Å². The summed E-state index contributed by atoms with van der Waals surface area (Å²) in [5.74, 6) is -2.04. The molecule has 0 aliphatic rings. The number of carbonyl (C=O) groups excluding carboxylic acids is 1. The van der Waals surface area contributed by atoms with Crippen LogP contribution in [0.4, 0.5) is 8.78 Å². The smallest absolute Gasteiger partial charge is 0.185 e.